The molecule has 1 saturated heterocycles. The van der Waals surface area contributed by atoms with E-state index >= 15 is 0 Å². The summed E-state index contributed by atoms with van der Waals surface area (Å²) < 4.78 is 32.3. The molecule has 3 rings (SSSR count). The van der Waals surface area contributed by atoms with Crippen LogP contribution in [0.15, 0.2) is 41.7 Å². The molecule has 26 heavy (non-hydrogen) atoms. The standard InChI is InChI=1S/C19H27N3O3S/c1-3-26(23,24)19-20-13-18(15-21(2)17-9-11-25-12-10-17)22(19)14-16-7-5-4-6-8-16/h4-8,13,17H,3,9-12,14-15H2,1-2H3. The molecule has 1 fully saturated rings. The first kappa shape index (κ1) is 19.1. The molecule has 0 radical (unpaired) electrons. The first-order valence-electron chi connectivity index (χ1n) is 9.10. The third-order valence-electron chi connectivity index (χ3n) is 4.97. The summed E-state index contributed by atoms with van der Waals surface area (Å²) in [4.78, 5) is 6.56. The van der Waals surface area contributed by atoms with Gasteiger partial charge in [-0.15, -0.1) is 0 Å². The van der Waals surface area contributed by atoms with Gasteiger partial charge in [-0.3, -0.25) is 4.90 Å². The Bertz CT molecular complexity index is 812. The zero-order valence-corrected chi connectivity index (χ0v) is 16.3. The summed E-state index contributed by atoms with van der Waals surface area (Å²) in [5.41, 5.74) is 1.99. The second-order valence-electron chi connectivity index (χ2n) is 6.77. The Morgan fingerprint density at radius 2 is 1.92 bits per heavy atom. The summed E-state index contributed by atoms with van der Waals surface area (Å²) in [5.74, 6) is 0.0496. The number of aromatic nitrogens is 2. The highest BCUT2D eigenvalue weighted by molar-refractivity contribution is 7.91. The number of imidazole rings is 1. The van der Waals surface area contributed by atoms with E-state index in [1.165, 1.54) is 0 Å². The van der Waals surface area contributed by atoms with Crippen LogP contribution >= 0.6 is 0 Å². The lowest BCUT2D eigenvalue weighted by Crippen LogP contribution is -2.36. The maximum absolute atomic E-state index is 12.5. The Morgan fingerprint density at radius 1 is 1.23 bits per heavy atom. The van der Waals surface area contributed by atoms with E-state index in [2.05, 4.69) is 16.9 Å². The quantitative estimate of drug-likeness (QED) is 0.741. The van der Waals surface area contributed by atoms with Crippen LogP contribution in [0.4, 0.5) is 0 Å². The van der Waals surface area contributed by atoms with Crippen molar-refractivity contribution in [3.63, 3.8) is 0 Å². The van der Waals surface area contributed by atoms with E-state index in [0.29, 0.717) is 19.1 Å². The van der Waals surface area contributed by atoms with Crippen LogP contribution in [0.1, 0.15) is 31.0 Å². The van der Waals surface area contributed by atoms with Gasteiger partial charge in [0.1, 0.15) is 0 Å². The zero-order valence-electron chi connectivity index (χ0n) is 15.5. The van der Waals surface area contributed by atoms with Gasteiger partial charge >= 0.3 is 0 Å². The van der Waals surface area contributed by atoms with Gasteiger partial charge in [-0.25, -0.2) is 13.4 Å². The van der Waals surface area contributed by atoms with E-state index in [9.17, 15) is 8.42 Å². The van der Waals surface area contributed by atoms with E-state index < -0.39 is 9.84 Å². The predicted molar refractivity (Wildman–Crippen MR) is 101 cm³/mol. The number of nitrogens with zero attached hydrogens (tertiary/aromatic N) is 3. The molecule has 6 nitrogen and oxygen atoms in total. The van der Waals surface area contributed by atoms with Crippen molar-refractivity contribution in [2.24, 2.45) is 0 Å². The van der Waals surface area contributed by atoms with Crippen LogP contribution in [-0.2, 0) is 27.7 Å². The Balaban J connectivity index is 1.89. The Hall–Kier alpha value is -1.70. The second-order valence-corrected chi connectivity index (χ2v) is 8.94. The van der Waals surface area contributed by atoms with E-state index in [0.717, 1.165) is 37.3 Å². The van der Waals surface area contributed by atoms with E-state index in [1.54, 1.807) is 13.1 Å². The summed E-state index contributed by atoms with van der Waals surface area (Å²) in [7, 11) is -1.29. The number of rotatable bonds is 7. The minimum absolute atomic E-state index is 0.0496. The Labute approximate surface area is 155 Å². The molecule has 1 aromatic carbocycles. The highest BCUT2D eigenvalue weighted by Crippen LogP contribution is 2.20. The molecule has 1 aromatic heterocycles. The van der Waals surface area contributed by atoms with Crippen LogP contribution in [0.5, 0.6) is 0 Å². The molecule has 142 valence electrons. The van der Waals surface area contributed by atoms with Gasteiger partial charge in [0.25, 0.3) is 0 Å². The fraction of sp³-hybridized carbons (Fsp3) is 0.526. The van der Waals surface area contributed by atoms with Gasteiger partial charge in [-0.2, -0.15) is 0 Å². The van der Waals surface area contributed by atoms with Crippen molar-refractivity contribution >= 4 is 9.84 Å². The SMILES string of the molecule is CCS(=O)(=O)c1ncc(CN(C)C2CCOCC2)n1Cc1ccccc1. The third kappa shape index (κ3) is 4.34. The average Bonchev–Trinajstić information content (AvgIpc) is 3.06. The summed E-state index contributed by atoms with van der Waals surface area (Å²) in [5, 5.41) is 0.166. The van der Waals surface area contributed by atoms with Crippen LogP contribution in [0.3, 0.4) is 0 Å². The number of sulfone groups is 1. The average molecular weight is 378 g/mol. The number of hydrogen-bond acceptors (Lipinski definition) is 5. The van der Waals surface area contributed by atoms with Crippen molar-refractivity contribution in [2.75, 3.05) is 26.0 Å². The van der Waals surface area contributed by atoms with Crippen molar-refractivity contribution in [1.29, 1.82) is 0 Å². The largest absolute Gasteiger partial charge is 0.381 e. The van der Waals surface area contributed by atoms with Crippen molar-refractivity contribution in [2.45, 2.75) is 44.1 Å². The molecule has 1 aliphatic rings. The third-order valence-corrected chi connectivity index (χ3v) is 6.61. The fourth-order valence-corrected chi connectivity index (χ4v) is 4.33. The number of ether oxygens (including phenoxy) is 1. The van der Waals surface area contributed by atoms with Crippen molar-refractivity contribution < 1.29 is 13.2 Å². The summed E-state index contributed by atoms with van der Waals surface area (Å²) in [6.07, 6.45) is 3.72. The molecule has 0 unspecified atom stereocenters. The molecule has 0 atom stereocenters. The fourth-order valence-electron chi connectivity index (χ4n) is 3.34. The van der Waals surface area contributed by atoms with Gasteiger partial charge in [0.15, 0.2) is 0 Å². The minimum Gasteiger partial charge on any atom is -0.381 e. The van der Waals surface area contributed by atoms with Gasteiger partial charge in [0.2, 0.25) is 15.0 Å². The van der Waals surface area contributed by atoms with Crippen molar-refractivity contribution in [3.05, 3.63) is 47.8 Å². The van der Waals surface area contributed by atoms with Gasteiger partial charge < -0.3 is 9.30 Å². The highest BCUT2D eigenvalue weighted by atomic mass is 32.2. The van der Waals surface area contributed by atoms with Crippen molar-refractivity contribution in [1.82, 2.24) is 14.5 Å². The zero-order chi connectivity index (χ0) is 18.6. The second kappa shape index (κ2) is 8.33. The maximum atomic E-state index is 12.5. The molecule has 2 aromatic rings. The smallest absolute Gasteiger partial charge is 0.228 e. The topological polar surface area (TPSA) is 64.4 Å². The Morgan fingerprint density at radius 3 is 2.58 bits per heavy atom. The van der Waals surface area contributed by atoms with E-state index in [1.807, 2.05) is 34.9 Å². The maximum Gasteiger partial charge on any atom is 0.228 e. The Kier molecular flexibility index (Phi) is 6.11. The van der Waals surface area contributed by atoms with Crippen LogP contribution in [-0.4, -0.2) is 54.9 Å². The number of benzene rings is 1. The first-order chi connectivity index (χ1) is 12.5. The highest BCUT2D eigenvalue weighted by Gasteiger charge is 2.24. The molecular weight excluding hydrogens is 350 g/mol. The van der Waals surface area contributed by atoms with Gasteiger partial charge in [0, 0.05) is 25.8 Å². The monoisotopic (exact) mass is 377 g/mol. The molecule has 7 heteroatoms. The van der Waals surface area contributed by atoms with Crippen LogP contribution in [0.25, 0.3) is 0 Å². The van der Waals surface area contributed by atoms with Gasteiger partial charge in [-0.1, -0.05) is 37.3 Å². The first-order valence-corrected chi connectivity index (χ1v) is 10.8. The molecule has 0 aliphatic carbocycles. The van der Waals surface area contributed by atoms with Crippen LogP contribution < -0.4 is 0 Å². The van der Waals surface area contributed by atoms with Crippen LogP contribution in [0.2, 0.25) is 0 Å². The predicted octanol–water partition coefficient (Wildman–Crippen LogP) is 2.34. The number of hydrogen-bond donors (Lipinski definition) is 0. The summed E-state index contributed by atoms with van der Waals surface area (Å²) in [6.45, 7) is 4.41. The molecule has 0 saturated carbocycles. The summed E-state index contributed by atoms with van der Waals surface area (Å²) >= 11 is 0. The molecule has 0 spiro atoms. The lowest BCUT2D eigenvalue weighted by Gasteiger charge is -2.31. The molecule has 0 bridgehead atoms. The molecule has 0 N–H and O–H groups in total. The molecule has 1 aliphatic heterocycles. The van der Waals surface area contributed by atoms with Crippen LogP contribution in [0, 0.1) is 0 Å². The molecule has 0 amide bonds. The van der Waals surface area contributed by atoms with Gasteiger partial charge in [-0.05, 0) is 25.5 Å². The van der Waals surface area contributed by atoms with E-state index in [4.69, 9.17) is 4.74 Å². The lowest BCUT2D eigenvalue weighted by molar-refractivity contribution is 0.0400. The normalized spacial score (nSPS) is 16.3. The lowest BCUT2D eigenvalue weighted by atomic mass is 10.1. The van der Waals surface area contributed by atoms with Gasteiger partial charge in [0.05, 0.1) is 24.2 Å². The minimum atomic E-state index is -3.38. The molecular formula is C19H27N3O3S. The van der Waals surface area contributed by atoms with Crippen molar-refractivity contribution in [3.8, 4) is 0 Å². The summed E-state index contributed by atoms with van der Waals surface area (Å²) in [6, 6.07) is 10.4. The van der Waals surface area contributed by atoms with E-state index in [-0.39, 0.29) is 10.9 Å². The molecule has 2 heterocycles.